The molecule has 0 unspecified atom stereocenters. The van der Waals surface area contributed by atoms with Crippen molar-refractivity contribution in [3.8, 4) is 0 Å². The number of aromatic amines is 4. The van der Waals surface area contributed by atoms with Crippen molar-refractivity contribution in [1.82, 2.24) is 49.4 Å². The minimum atomic E-state index is -0.582. The van der Waals surface area contributed by atoms with Gasteiger partial charge in [-0.1, -0.05) is 137 Å². The number of aryl methyl sites for hydroxylation is 4. The van der Waals surface area contributed by atoms with E-state index in [1.54, 1.807) is 117 Å². The van der Waals surface area contributed by atoms with Crippen molar-refractivity contribution in [2.75, 3.05) is 47.8 Å². The molecule has 5 heterocycles. The molecule has 21 nitrogen and oxygen atoms in total. The summed E-state index contributed by atoms with van der Waals surface area (Å²) in [5.74, 6) is 0.358. The quantitative estimate of drug-likeness (QED) is 0.0123. The molecular formula is C102H97F8N11O10S5. The first-order chi connectivity index (χ1) is 65.1. The Hall–Kier alpha value is -12.8. The van der Waals surface area contributed by atoms with Crippen LogP contribution in [0.15, 0.2) is 244 Å². The highest BCUT2D eigenvalue weighted by atomic mass is 32.2. The first-order valence-electron chi connectivity index (χ1n) is 43.4. The number of thioether (sulfide) groups is 5. The number of H-pyrrole nitrogens is 4. The summed E-state index contributed by atoms with van der Waals surface area (Å²) in [6.07, 6.45) is 6.65. The molecule has 4 N–H and O–H groups in total. The van der Waals surface area contributed by atoms with Crippen molar-refractivity contribution in [2.45, 2.75) is 150 Å². The summed E-state index contributed by atoms with van der Waals surface area (Å²) in [7, 11) is 5.56. The SMILES string of the molecule is CN(C)c1ccc2nc(SCCCC(=O)Cc3ccc(F)cc3)[nH]c(=O)c2c1.Cc1cc(F)c2c(=O)[nH]c(SCCCC(=O)Cc3ccc(F)cc3)nc2c1.Cc1cc(F)c2nc(SCCCC(=O)Cc3ccc(F)cc3)[nH]c(=O)c2c1.Cc1ccc2c(=O)[nH]c(SCCCC(=O)Cc3ccc(F)cc3)nc2c1F.Cc1ccc2nc(SCCCC(=O)Cc3ccc(F)cc3)n(C)c(=O)c2c1. The van der Waals surface area contributed by atoms with E-state index < -0.39 is 23.0 Å². The van der Waals surface area contributed by atoms with Gasteiger partial charge in [-0.25, -0.2) is 60.0 Å². The van der Waals surface area contributed by atoms with E-state index in [4.69, 9.17) is 0 Å². The van der Waals surface area contributed by atoms with Crippen LogP contribution in [0.25, 0.3) is 54.5 Å². The number of halogens is 8. The molecule has 0 aliphatic carbocycles. The first kappa shape index (κ1) is 104. The van der Waals surface area contributed by atoms with Crippen LogP contribution in [0.3, 0.4) is 0 Å². The second-order valence-electron chi connectivity index (χ2n) is 32.2. The minimum absolute atomic E-state index is 0.0422. The van der Waals surface area contributed by atoms with Gasteiger partial charge in [-0.2, -0.15) is 0 Å². The average Bonchev–Trinajstić information content (AvgIpc) is 0.773. The molecule has 5 aromatic heterocycles. The highest BCUT2D eigenvalue weighted by Gasteiger charge is 2.19. The second kappa shape index (κ2) is 50.7. The molecule has 0 saturated heterocycles. The lowest BCUT2D eigenvalue weighted by atomic mass is 10.1. The molecule has 15 aromatic rings. The monoisotopic (exact) mass is 1950 g/mol. The van der Waals surface area contributed by atoms with Crippen LogP contribution in [-0.2, 0) is 63.1 Å². The number of hydrogen-bond donors (Lipinski definition) is 4. The summed E-state index contributed by atoms with van der Waals surface area (Å²) >= 11 is 6.79. The normalized spacial score (nSPS) is 11.1. The molecular weight excluding hydrogens is 1850 g/mol. The minimum Gasteiger partial charge on any atom is -0.378 e. The van der Waals surface area contributed by atoms with Gasteiger partial charge in [0.05, 0.1) is 38.1 Å². The highest BCUT2D eigenvalue weighted by molar-refractivity contribution is 8.00. The van der Waals surface area contributed by atoms with Crippen molar-refractivity contribution in [3.63, 3.8) is 0 Å². The van der Waals surface area contributed by atoms with Crippen LogP contribution in [0.4, 0.5) is 40.8 Å². The summed E-state index contributed by atoms with van der Waals surface area (Å²) in [6.45, 7) is 7.03. The Morgan fingerprint density at radius 1 is 0.331 bits per heavy atom. The van der Waals surface area contributed by atoms with E-state index >= 15 is 0 Å². The van der Waals surface area contributed by atoms with Crippen molar-refractivity contribution in [2.24, 2.45) is 7.05 Å². The topological polar surface area (TPSA) is 306 Å². The predicted octanol–water partition coefficient (Wildman–Crippen LogP) is 20.5. The number of hydrogen-bond acceptors (Lipinski definition) is 21. The number of nitrogens with one attached hydrogen (secondary N) is 4. The number of anilines is 1. The van der Waals surface area contributed by atoms with Crippen LogP contribution in [0.2, 0.25) is 0 Å². The van der Waals surface area contributed by atoms with Crippen molar-refractivity contribution >= 4 is 148 Å². The maximum absolute atomic E-state index is 14.2. The average molecular weight is 1950 g/mol. The van der Waals surface area contributed by atoms with Gasteiger partial charge in [0, 0.05) is 120 Å². The zero-order valence-electron chi connectivity index (χ0n) is 75.4. The molecule has 706 valence electrons. The summed E-state index contributed by atoms with van der Waals surface area (Å²) < 4.78 is 108. The number of rotatable bonds is 36. The van der Waals surface area contributed by atoms with Gasteiger partial charge in [0.25, 0.3) is 27.8 Å². The molecule has 0 fully saturated rings. The fourth-order valence-electron chi connectivity index (χ4n) is 13.8. The Bertz CT molecular complexity index is 7120. The van der Waals surface area contributed by atoms with E-state index in [1.165, 1.54) is 132 Å². The van der Waals surface area contributed by atoms with Crippen LogP contribution < -0.4 is 32.7 Å². The summed E-state index contributed by atoms with van der Waals surface area (Å²) in [6, 6.07) is 49.9. The molecule has 0 amide bonds. The molecule has 0 radical (unpaired) electrons. The van der Waals surface area contributed by atoms with Gasteiger partial charge in [-0.3, -0.25) is 52.5 Å². The smallest absolute Gasteiger partial charge is 0.262 e. The van der Waals surface area contributed by atoms with Gasteiger partial charge >= 0.3 is 0 Å². The number of ketones is 5. The molecule has 0 bridgehead atoms. The first-order valence-corrected chi connectivity index (χ1v) is 48.3. The van der Waals surface area contributed by atoms with E-state index in [9.17, 15) is 83.1 Å². The summed E-state index contributed by atoms with van der Waals surface area (Å²) in [4.78, 5) is 156. The van der Waals surface area contributed by atoms with Crippen molar-refractivity contribution in [3.05, 3.63) is 343 Å². The third-order valence-corrected chi connectivity index (χ3v) is 25.8. The molecule has 0 saturated carbocycles. The fourth-order valence-corrected chi connectivity index (χ4v) is 18.0. The Morgan fingerprint density at radius 2 is 0.676 bits per heavy atom. The number of Topliss-reactive ketones (excluding diaryl/α,β-unsaturated/α-hetero) is 5. The fraction of sp³-hybridized carbons (Fsp3) is 0.265. The predicted molar refractivity (Wildman–Crippen MR) is 525 cm³/mol. The lowest BCUT2D eigenvalue weighted by Gasteiger charge is -2.12. The van der Waals surface area contributed by atoms with Gasteiger partial charge in [-0.05, 0) is 226 Å². The number of nitrogens with zero attached hydrogens (tertiary/aromatic N) is 7. The Kier molecular flexibility index (Phi) is 38.7. The lowest BCUT2D eigenvalue weighted by Crippen LogP contribution is -2.20. The molecule has 0 aliphatic heterocycles. The second-order valence-corrected chi connectivity index (χ2v) is 37.6. The number of carbonyl (C=O) groups is 5. The van der Waals surface area contributed by atoms with E-state index in [0.717, 1.165) is 39.1 Å². The lowest BCUT2D eigenvalue weighted by molar-refractivity contribution is -0.119. The summed E-state index contributed by atoms with van der Waals surface area (Å²) in [5.41, 5.74) is 8.05. The maximum atomic E-state index is 14.2. The molecule has 0 aliphatic rings. The molecule has 136 heavy (non-hydrogen) atoms. The molecule has 15 rings (SSSR count). The van der Waals surface area contributed by atoms with E-state index in [0.29, 0.717) is 176 Å². The van der Waals surface area contributed by atoms with E-state index in [1.807, 2.05) is 62.3 Å². The highest BCUT2D eigenvalue weighted by Crippen LogP contribution is 2.28. The Labute approximate surface area is 798 Å². The van der Waals surface area contributed by atoms with Gasteiger partial charge in [0.2, 0.25) is 0 Å². The van der Waals surface area contributed by atoms with Gasteiger partial charge in [0.15, 0.2) is 31.6 Å². The molecule has 0 spiro atoms. The third kappa shape index (κ3) is 31.7. The van der Waals surface area contributed by atoms with Crippen LogP contribution in [0.1, 0.15) is 114 Å². The van der Waals surface area contributed by atoms with Gasteiger partial charge < -0.3 is 24.8 Å². The van der Waals surface area contributed by atoms with Crippen molar-refractivity contribution in [1.29, 1.82) is 0 Å². The van der Waals surface area contributed by atoms with E-state index in [-0.39, 0.29) is 127 Å². The van der Waals surface area contributed by atoms with Crippen LogP contribution in [-0.4, -0.2) is 121 Å². The zero-order valence-corrected chi connectivity index (χ0v) is 79.5. The Morgan fingerprint density at radius 3 is 1.10 bits per heavy atom. The maximum Gasteiger partial charge on any atom is 0.262 e. The third-order valence-electron chi connectivity index (χ3n) is 20.9. The van der Waals surface area contributed by atoms with Gasteiger partial charge in [-0.15, -0.1) is 0 Å². The number of benzene rings is 10. The number of fused-ring (bicyclic) bond motifs is 5. The molecule has 0 atom stereocenters. The van der Waals surface area contributed by atoms with Gasteiger partial charge in [0.1, 0.15) is 86.1 Å². The molecule has 10 aromatic carbocycles. The van der Waals surface area contributed by atoms with Crippen LogP contribution in [0.5, 0.6) is 0 Å². The largest absolute Gasteiger partial charge is 0.378 e. The number of aromatic nitrogens is 10. The Balaban J connectivity index is 0.000000163. The van der Waals surface area contributed by atoms with E-state index in [2.05, 4.69) is 44.9 Å². The van der Waals surface area contributed by atoms with Crippen LogP contribution in [0, 0.1) is 74.2 Å². The standard InChI is InChI=1S/C21H22FN3O2S.C21H21FN2O2S.3C20H18F2N2O2S/c1-25(2)16-9-10-19-18(13-16)20(27)24-21(23-19)28-11-3-4-17(26)12-14-5-7-15(22)8-6-14;1-14-5-10-19-18(12-14)20(26)24(2)21(23-19)27-11-3-4-17(25)13-15-6-8-16(22)9-7-15;1-12-4-9-16-18(17(12)22)23-20(24-19(16)26)27-10-2-3-15(25)11-13-5-7-14(21)8-6-13;1-12-9-16(22)18-17(10-12)23-20(24-19(18)26)27-8-2-3-15(25)11-13-4-6-14(21)7-5-13;1-12-9-16-18(17(22)10-12)23-20(24-19(16)26)27-8-2-3-15(25)11-13-4-6-14(21)7-5-13/h5-10,13H,3-4,11-12H2,1-2H3,(H,23,24,27);5-10,12H,3-4,11,13H2,1-2H3;4-9H,2-3,10-11H2,1H3,(H,23,24,26);2*4-7,9-10H,2-3,8,11H2,1H3,(H,23,24,26). The van der Waals surface area contributed by atoms with Crippen molar-refractivity contribution < 1.29 is 59.1 Å². The molecule has 34 heteroatoms. The zero-order chi connectivity index (χ0) is 97.6. The van der Waals surface area contributed by atoms with Crippen LogP contribution >= 0.6 is 58.8 Å². The number of carbonyl (C=O) groups excluding carboxylic acids is 5. The summed E-state index contributed by atoms with van der Waals surface area (Å²) in [5, 5.41) is 3.88.